The van der Waals surface area contributed by atoms with Gasteiger partial charge in [-0.1, -0.05) is 11.8 Å². The van der Waals surface area contributed by atoms with Gasteiger partial charge in [0.2, 0.25) is 11.8 Å². The van der Waals surface area contributed by atoms with Crippen molar-refractivity contribution in [1.29, 1.82) is 0 Å². The van der Waals surface area contributed by atoms with Crippen LogP contribution >= 0.6 is 0 Å². The van der Waals surface area contributed by atoms with Crippen molar-refractivity contribution in [1.82, 2.24) is 4.90 Å². The van der Waals surface area contributed by atoms with Crippen LogP contribution in [0.1, 0.15) is 12.0 Å². The van der Waals surface area contributed by atoms with E-state index in [0.717, 1.165) is 12.0 Å². The molecule has 0 radical (unpaired) electrons. The number of hydrogen-bond acceptors (Lipinski definition) is 4. The van der Waals surface area contributed by atoms with Gasteiger partial charge >= 0.3 is 0 Å². The van der Waals surface area contributed by atoms with Crippen LogP contribution in [0, 0.1) is 23.7 Å². The number of likely N-dealkylation sites (tertiary alicyclic amines) is 1. The van der Waals surface area contributed by atoms with Crippen LogP contribution in [0.5, 0.6) is 5.75 Å². The normalized spacial score (nSPS) is 22.6. The highest BCUT2D eigenvalue weighted by molar-refractivity contribution is 6.08. The minimum absolute atomic E-state index is 0.0407. The Labute approximate surface area is 123 Å². The molecule has 2 unspecified atom stereocenters. The summed E-state index contributed by atoms with van der Waals surface area (Å²) in [4.78, 5) is 24.9. The van der Waals surface area contributed by atoms with Gasteiger partial charge < -0.3 is 10.5 Å². The minimum Gasteiger partial charge on any atom is -0.492 e. The van der Waals surface area contributed by atoms with Crippen LogP contribution in [-0.4, -0.2) is 36.4 Å². The fraction of sp³-hybridized carbons (Fsp3) is 0.375. The van der Waals surface area contributed by atoms with Crippen LogP contribution in [-0.2, 0) is 9.59 Å². The zero-order chi connectivity index (χ0) is 14.8. The van der Waals surface area contributed by atoms with Gasteiger partial charge in [-0.3, -0.25) is 14.5 Å². The molecule has 1 aliphatic heterocycles. The van der Waals surface area contributed by atoms with E-state index >= 15 is 0 Å². The summed E-state index contributed by atoms with van der Waals surface area (Å²) in [6, 6.07) is 7.32. The van der Waals surface area contributed by atoms with Crippen molar-refractivity contribution in [2.75, 3.05) is 19.7 Å². The molecule has 21 heavy (non-hydrogen) atoms. The third kappa shape index (κ3) is 2.76. The molecule has 108 valence electrons. The van der Waals surface area contributed by atoms with E-state index in [4.69, 9.17) is 10.5 Å². The molecule has 5 nitrogen and oxygen atoms in total. The lowest BCUT2D eigenvalue weighted by Gasteiger charge is -2.16. The SMILES string of the molecule is NCC#Cc1ccc(OCCN2C(=O)C3CC3C2=O)cc1. The molecule has 1 aliphatic carbocycles. The Bertz CT molecular complexity index is 607. The van der Waals surface area contributed by atoms with Crippen molar-refractivity contribution in [2.24, 2.45) is 17.6 Å². The molecular weight excluding hydrogens is 268 g/mol. The molecule has 1 saturated carbocycles. The number of imide groups is 1. The monoisotopic (exact) mass is 284 g/mol. The number of fused-ring (bicyclic) bond motifs is 1. The molecule has 2 atom stereocenters. The summed E-state index contributed by atoms with van der Waals surface area (Å²) >= 11 is 0. The molecule has 1 aromatic carbocycles. The summed E-state index contributed by atoms with van der Waals surface area (Å²) in [5, 5.41) is 0. The predicted molar refractivity (Wildman–Crippen MR) is 76.2 cm³/mol. The van der Waals surface area contributed by atoms with Crippen molar-refractivity contribution < 1.29 is 14.3 Å². The van der Waals surface area contributed by atoms with Crippen LogP contribution in [0.4, 0.5) is 0 Å². The van der Waals surface area contributed by atoms with Crippen molar-refractivity contribution in [3.63, 3.8) is 0 Å². The smallest absolute Gasteiger partial charge is 0.233 e. The highest BCUT2D eigenvalue weighted by Crippen LogP contribution is 2.46. The topological polar surface area (TPSA) is 72.6 Å². The van der Waals surface area contributed by atoms with E-state index in [-0.39, 0.29) is 23.7 Å². The Hall–Kier alpha value is -2.32. The standard InChI is InChI=1S/C16H16N2O3/c17-7-1-2-11-3-5-12(6-4-11)21-9-8-18-15(19)13-10-14(13)16(18)20/h3-6,13-14H,7-10,17H2. The molecule has 1 heterocycles. The van der Waals surface area contributed by atoms with Gasteiger partial charge in [0.25, 0.3) is 0 Å². The number of benzene rings is 1. The first-order valence-electron chi connectivity index (χ1n) is 6.97. The van der Waals surface area contributed by atoms with Crippen LogP contribution in [0.25, 0.3) is 0 Å². The molecule has 0 spiro atoms. The summed E-state index contributed by atoms with van der Waals surface area (Å²) in [6.45, 7) is 0.961. The van der Waals surface area contributed by atoms with Gasteiger partial charge in [0, 0.05) is 5.56 Å². The van der Waals surface area contributed by atoms with E-state index in [2.05, 4.69) is 11.8 Å². The summed E-state index contributed by atoms with van der Waals surface area (Å²) in [5.41, 5.74) is 6.18. The molecule has 5 heteroatoms. The van der Waals surface area contributed by atoms with Gasteiger partial charge in [-0.05, 0) is 30.7 Å². The summed E-state index contributed by atoms with van der Waals surface area (Å²) < 4.78 is 5.56. The zero-order valence-corrected chi connectivity index (χ0v) is 11.5. The molecule has 1 aromatic rings. The zero-order valence-electron chi connectivity index (χ0n) is 11.5. The van der Waals surface area contributed by atoms with Crippen LogP contribution in [0.15, 0.2) is 24.3 Å². The predicted octanol–water partition coefficient (Wildman–Crippen LogP) is 0.381. The number of carbonyl (C=O) groups is 2. The summed E-state index contributed by atoms with van der Waals surface area (Å²) in [6.07, 6.45) is 0.736. The fourth-order valence-corrected chi connectivity index (χ4v) is 2.51. The first-order chi connectivity index (χ1) is 10.2. The van der Waals surface area contributed by atoms with E-state index in [1.807, 2.05) is 24.3 Å². The van der Waals surface area contributed by atoms with Gasteiger partial charge in [0.15, 0.2) is 0 Å². The number of amides is 2. The average molecular weight is 284 g/mol. The van der Waals surface area contributed by atoms with Gasteiger partial charge in [0.1, 0.15) is 12.4 Å². The number of rotatable bonds is 4. The van der Waals surface area contributed by atoms with Crippen molar-refractivity contribution in [2.45, 2.75) is 6.42 Å². The molecule has 3 rings (SSSR count). The lowest BCUT2D eigenvalue weighted by atomic mass is 10.2. The van der Waals surface area contributed by atoms with E-state index < -0.39 is 0 Å². The third-order valence-electron chi connectivity index (χ3n) is 3.73. The average Bonchev–Trinajstić information content (AvgIpc) is 3.26. The number of carbonyl (C=O) groups excluding carboxylic acids is 2. The van der Waals surface area contributed by atoms with E-state index in [9.17, 15) is 9.59 Å². The molecule has 2 amide bonds. The molecule has 0 bridgehead atoms. The molecule has 2 N–H and O–H groups in total. The number of ether oxygens (including phenoxy) is 1. The number of hydrogen-bond donors (Lipinski definition) is 1. The van der Waals surface area contributed by atoms with Crippen molar-refractivity contribution in [3.05, 3.63) is 29.8 Å². The van der Waals surface area contributed by atoms with Gasteiger partial charge in [-0.25, -0.2) is 0 Å². The Morgan fingerprint density at radius 2 is 1.86 bits per heavy atom. The number of nitrogens with two attached hydrogens (primary N) is 1. The van der Waals surface area contributed by atoms with E-state index in [0.29, 0.717) is 25.4 Å². The van der Waals surface area contributed by atoms with Gasteiger partial charge in [-0.2, -0.15) is 0 Å². The quantitative estimate of drug-likeness (QED) is 0.641. The van der Waals surface area contributed by atoms with Crippen LogP contribution < -0.4 is 10.5 Å². The highest BCUT2D eigenvalue weighted by Gasteiger charge is 2.58. The van der Waals surface area contributed by atoms with Gasteiger partial charge in [-0.15, -0.1) is 0 Å². The maximum absolute atomic E-state index is 11.8. The van der Waals surface area contributed by atoms with Crippen molar-refractivity contribution in [3.8, 4) is 17.6 Å². The lowest BCUT2D eigenvalue weighted by Crippen LogP contribution is -2.36. The first-order valence-corrected chi connectivity index (χ1v) is 6.97. The van der Waals surface area contributed by atoms with E-state index in [1.54, 1.807) is 0 Å². The second-order valence-corrected chi connectivity index (χ2v) is 5.16. The molecular formula is C16H16N2O3. The Balaban J connectivity index is 1.49. The largest absolute Gasteiger partial charge is 0.492 e. The van der Waals surface area contributed by atoms with Crippen LogP contribution in [0.3, 0.4) is 0 Å². The van der Waals surface area contributed by atoms with E-state index in [1.165, 1.54) is 4.90 Å². The molecule has 2 fully saturated rings. The Morgan fingerprint density at radius 3 is 2.48 bits per heavy atom. The number of nitrogens with zero attached hydrogens (tertiary/aromatic N) is 1. The molecule has 0 aromatic heterocycles. The second-order valence-electron chi connectivity index (χ2n) is 5.16. The second kappa shape index (κ2) is 5.58. The lowest BCUT2D eigenvalue weighted by molar-refractivity contribution is -0.141. The first kappa shape index (κ1) is 13.7. The third-order valence-corrected chi connectivity index (χ3v) is 3.73. The van der Waals surface area contributed by atoms with Crippen molar-refractivity contribution >= 4 is 11.8 Å². The maximum Gasteiger partial charge on any atom is 0.233 e. The van der Waals surface area contributed by atoms with Crippen LogP contribution in [0.2, 0.25) is 0 Å². The minimum atomic E-state index is -0.0436. The fourth-order valence-electron chi connectivity index (χ4n) is 2.51. The highest BCUT2D eigenvalue weighted by atomic mass is 16.5. The number of piperidine rings is 1. The molecule has 2 aliphatic rings. The van der Waals surface area contributed by atoms with Gasteiger partial charge in [0.05, 0.1) is 24.9 Å². The summed E-state index contributed by atoms with van der Waals surface area (Å²) in [5.74, 6) is 6.23. The summed E-state index contributed by atoms with van der Waals surface area (Å²) in [7, 11) is 0. The molecule has 1 saturated heterocycles. The Morgan fingerprint density at radius 1 is 1.19 bits per heavy atom. The maximum atomic E-state index is 11.8. The Kier molecular flexibility index (Phi) is 3.63.